The Morgan fingerprint density at radius 2 is 1.50 bits per heavy atom. The van der Waals surface area contributed by atoms with E-state index in [4.69, 9.17) is 4.74 Å². The quantitative estimate of drug-likeness (QED) is 0.773. The number of halogens is 1. The number of hydrogen-bond acceptors (Lipinski definition) is 4. The van der Waals surface area contributed by atoms with E-state index in [1.165, 1.54) is 24.3 Å². The number of carbonyl (C=O) groups is 2. The van der Waals surface area contributed by atoms with Crippen LogP contribution in [0, 0.1) is 5.82 Å². The van der Waals surface area contributed by atoms with Crippen molar-refractivity contribution in [1.82, 2.24) is 9.80 Å². The Kier molecular flexibility index (Phi) is 5.63. The molecule has 0 bridgehead atoms. The molecule has 5 nitrogen and oxygen atoms in total. The molecule has 1 saturated heterocycles. The van der Waals surface area contributed by atoms with E-state index in [0.717, 1.165) is 5.75 Å². The molecule has 1 aliphatic rings. The summed E-state index contributed by atoms with van der Waals surface area (Å²) in [5.74, 6) is 0.301. The Balaban J connectivity index is 1.52. The fourth-order valence-corrected chi connectivity index (χ4v) is 2.96. The summed E-state index contributed by atoms with van der Waals surface area (Å²) in [4.78, 5) is 28.6. The Bertz CT molecular complexity index is 767. The Morgan fingerprint density at radius 1 is 0.923 bits per heavy atom. The number of rotatable bonds is 5. The molecule has 6 heteroatoms. The van der Waals surface area contributed by atoms with Crippen LogP contribution >= 0.6 is 0 Å². The van der Waals surface area contributed by atoms with E-state index < -0.39 is 0 Å². The van der Waals surface area contributed by atoms with E-state index in [0.29, 0.717) is 43.9 Å². The molecule has 1 heterocycles. The van der Waals surface area contributed by atoms with E-state index in [1.54, 1.807) is 36.3 Å². The number of nitrogens with zero attached hydrogens (tertiary/aromatic N) is 2. The molecule has 0 radical (unpaired) electrons. The fraction of sp³-hybridized carbons (Fsp3) is 0.300. The molecule has 0 unspecified atom stereocenters. The third-order valence-corrected chi connectivity index (χ3v) is 4.53. The van der Waals surface area contributed by atoms with Crippen LogP contribution in [0.15, 0.2) is 48.5 Å². The highest BCUT2D eigenvalue weighted by atomic mass is 19.1. The SMILES string of the molecule is COc1ccc(C(=O)CN2CCN(C(=O)c3ccc(F)cc3)CC2)cc1. The summed E-state index contributed by atoms with van der Waals surface area (Å²) in [7, 11) is 1.59. The Hall–Kier alpha value is -2.73. The lowest BCUT2D eigenvalue weighted by atomic mass is 10.1. The molecule has 1 amide bonds. The number of ether oxygens (including phenoxy) is 1. The zero-order valence-electron chi connectivity index (χ0n) is 14.7. The molecule has 2 aromatic rings. The van der Waals surface area contributed by atoms with Gasteiger partial charge in [0.15, 0.2) is 5.78 Å². The Morgan fingerprint density at radius 3 is 2.08 bits per heavy atom. The molecule has 0 spiro atoms. The topological polar surface area (TPSA) is 49.9 Å². The second-order valence-corrected chi connectivity index (χ2v) is 6.23. The largest absolute Gasteiger partial charge is 0.497 e. The van der Waals surface area contributed by atoms with Gasteiger partial charge in [-0.2, -0.15) is 0 Å². The van der Waals surface area contributed by atoms with Gasteiger partial charge in [-0.1, -0.05) is 0 Å². The molecule has 0 N–H and O–H groups in total. The first kappa shape index (κ1) is 18.1. The summed E-state index contributed by atoms with van der Waals surface area (Å²) in [6.07, 6.45) is 0. The van der Waals surface area contributed by atoms with Crippen molar-refractivity contribution in [2.45, 2.75) is 0 Å². The van der Waals surface area contributed by atoms with Gasteiger partial charge in [-0.3, -0.25) is 14.5 Å². The number of amides is 1. The van der Waals surface area contributed by atoms with Crippen LogP contribution < -0.4 is 4.74 Å². The van der Waals surface area contributed by atoms with Crippen LogP contribution in [-0.4, -0.2) is 61.3 Å². The lowest BCUT2D eigenvalue weighted by Gasteiger charge is -2.34. The highest BCUT2D eigenvalue weighted by Crippen LogP contribution is 2.14. The number of carbonyl (C=O) groups excluding carboxylic acids is 2. The van der Waals surface area contributed by atoms with Gasteiger partial charge in [0.1, 0.15) is 11.6 Å². The highest BCUT2D eigenvalue weighted by Gasteiger charge is 2.23. The lowest BCUT2D eigenvalue weighted by Crippen LogP contribution is -2.49. The first-order valence-electron chi connectivity index (χ1n) is 8.51. The van der Waals surface area contributed by atoms with Crippen molar-refractivity contribution >= 4 is 11.7 Å². The van der Waals surface area contributed by atoms with Crippen molar-refractivity contribution < 1.29 is 18.7 Å². The first-order chi connectivity index (χ1) is 12.6. The third kappa shape index (κ3) is 4.26. The van der Waals surface area contributed by atoms with Crippen LogP contribution in [0.5, 0.6) is 5.75 Å². The smallest absolute Gasteiger partial charge is 0.253 e. The van der Waals surface area contributed by atoms with Crippen molar-refractivity contribution in [2.24, 2.45) is 0 Å². The first-order valence-corrected chi connectivity index (χ1v) is 8.51. The minimum atomic E-state index is -0.358. The third-order valence-electron chi connectivity index (χ3n) is 4.53. The van der Waals surface area contributed by atoms with Gasteiger partial charge in [0.25, 0.3) is 5.91 Å². The van der Waals surface area contributed by atoms with Gasteiger partial charge in [0, 0.05) is 37.3 Å². The molecule has 3 rings (SSSR count). The van der Waals surface area contributed by atoms with Gasteiger partial charge in [0.05, 0.1) is 13.7 Å². The zero-order chi connectivity index (χ0) is 18.5. The van der Waals surface area contributed by atoms with Crippen molar-refractivity contribution in [1.29, 1.82) is 0 Å². The maximum Gasteiger partial charge on any atom is 0.253 e. The molecule has 0 saturated carbocycles. The molecule has 136 valence electrons. The van der Waals surface area contributed by atoms with E-state index >= 15 is 0 Å². The number of ketones is 1. The van der Waals surface area contributed by atoms with Crippen LogP contribution in [-0.2, 0) is 0 Å². The number of methoxy groups -OCH3 is 1. The highest BCUT2D eigenvalue weighted by molar-refractivity contribution is 5.97. The van der Waals surface area contributed by atoms with Gasteiger partial charge in [0.2, 0.25) is 0 Å². The molecule has 0 atom stereocenters. The second-order valence-electron chi connectivity index (χ2n) is 6.23. The molecule has 26 heavy (non-hydrogen) atoms. The monoisotopic (exact) mass is 356 g/mol. The van der Waals surface area contributed by atoms with E-state index in [2.05, 4.69) is 0 Å². The summed E-state index contributed by atoms with van der Waals surface area (Å²) in [6.45, 7) is 2.69. The molecule has 2 aromatic carbocycles. The molecule has 0 aromatic heterocycles. The van der Waals surface area contributed by atoms with Crippen molar-refractivity contribution in [3.05, 3.63) is 65.5 Å². The minimum absolute atomic E-state index is 0.0472. The van der Waals surface area contributed by atoms with Crippen molar-refractivity contribution in [3.8, 4) is 5.75 Å². The van der Waals surface area contributed by atoms with Crippen LogP contribution in [0.3, 0.4) is 0 Å². The summed E-state index contributed by atoms with van der Waals surface area (Å²) < 4.78 is 18.1. The predicted octanol–water partition coefficient (Wildman–Crippen LogP) is 2.48. The number of Topliss-reactive ketones (excluding diaryl/α,β-unsaturated/α-hetero) is 1. The van der Waals surface area contributed by atoms with Gasteiger partial charge in [-0.25, -0.2) is 4.39 Å². The van der Waals surface area contributed by atoms with Crippen molar-refractivity contribution in [2.75, 3.05) is 39.8 Å². The Labute approximate surface area is 152 Å². The average Bonchev–Trinajstić information content (AvgIpc) is 2.68. The summed E-state index contributed by atoms with van der Waals surface area (Å²) in [6, 6.07) is 12.6. The second kappa shape index (κ2) is 8.10. The molecule has 1 aliphatic heterocycles. The van der Waals surface area contributed by atoms with Gasteiger partial charge >= 0.3 is 0 Å². The van der Waals surface area contributed by atoms with Gasteiger partial charge < -0.3 is 9.64 Å². The van der Waals surface area contributed by atoms with E-state index in [9.17, 15) is 14.0 Å². The van der Waals surface area contributed by atoms with Crippen LogP contribution in [0.1, 0.15) is 20.7 Å². The van der Waals surface area contributed by atoms with Crippen molar-refractivity contribution in [3.63, 3.8) is 0 Å². The van der Waals surface area contributed by atoms with Crippen LogP contribution in [0.4, 0.5) is 4.39 Å². The van der Waals surface area contributed by atoms with Gasteiger partial charge in [-0.05, 0) is 48.5 Å². The molecule has 0 aliphatic carbocycles. The summed E-state index contributed by atoms with van der Waals surface area (Å²) in [5.41, 5.74) is 1.13. The molecular weight excluding hydrogens is 335 g/mol. The maximum atomic E-state index is 13.0. The molecular formula is C20H21FN2O3. The van der Waals surface area contributed by atoms with E-state index in [1.807, 2.05) is 4.90 Å². The predicted molar refractivity (Wildman–Crippen MR) is 96.1 cm³/mol. The van der Waals surface area contributed by atoms with Crippen LogP contribution in [0.2, 0.25) is 0 Å². The summed E-state index contributed by atoms with van der Waals surface area (Å²) >= 11 is 0. The van der Waals surface area contributed by atoms with Gasteiger partial charge in [-0.15, -0.1) is 0 Å². The average molecular weight is 356 g/mol. The van der Waals surface area contributed by atoms with Crippen LogP contribution in [0.25, 0.3) is 0 Å². The fourth-order valence-electron chi connectivity index (χ4n) is 2.96. The number of hydrogen-bond donors (Lipinski definition) is 0. The maximum absolute atomic E-state index is 13.0. The minimum Gasteiger partial charge on any atom is -0.497 e. The number of benzene rings is 2. The van der Waals surface area contributed by atoms with E-state index in [-0.39, 0.29) is 17.5 Å². The normalized spacial score (nSPS) is 14.9. The lowest BCUT2D eigenvalue weighted by molar-refractivity contribution is 0.0624. The number of piperazine rings is 1. The zero-order valence-corrected chi connectivity index (χ0v) is 14.7. The summed E-state index contributed by atoms with van der Waals surface area (Å²) in [5, 5.41) is 0. The standard InChI is InChI=1S/C20H21FN2O3/c1-26-18-8-4-15(5-9-18)19(24)14-22-10-12-23(13-11-22)20(25)16-2-6-17(21)7-3-16/h2-9H,10-14H2,1H3. The molecule has 1 fully saturated rings.